The number of fused-ring (bicyclic) bond motifs is 6. The summed E-state index contributed by atoms with van der Waals surface area (Å²) in [5.41, 5.74) is 6.62. The number of hydrogen-bond donors (Lipinski definition) is 4. The van der Waals surface area contributed by atoms with Crippen LogP contribution in [0.3, 0.4) is 0 Å². The summed E-state index contributed by atoms with van der Waals surface area (Å²) < 4.78 is 11.2. The van der Waals surface area contributed by atoms with Gasteiger partial charge >= 0.3 is 12.2 Å². The second kappa shape index (κ2) is 12.9. The summed E-state index contributed by atoms with van der Waals surface area (Å²) in [6.07, 6.45) is 2.54. The Morgan fingerprint density at radius 2 is 1.85 bits per heavy atom. The molecule has 2 aromatic heterocycles. The van der Waals surface area contributed by atoms with Crippen molar-refractivity contribution in [2.45, 2.75) is 77.7 Å². The number of aromatic nitrogens is 4. The van der Waals surface area contributed by atoms with E-state index in [9.17, 15) is 19.5 Å². The molecule has 2 saturated heterocycles. The molecule has 52 heavy (non-hydrogen) atoms. The second-order valence-corrected chi connectivity index (χ2v) is 14.8. The highest BCUT2D eigenvalue weighted by Crippen LogP contribution is 2.44. The van der Waals surface area contributed by atoms with Crippen molar-refractivity contribution in [3.05, 3.63) is 65.9 Å². The number of nitrogens with zero attached hydrogens (tertiary/aromatic N) is 4. The number of imidazole rings is 2. The van der Waals surface area contributed by atoms with Crippen molar-refractivity contribution >= 4 is 39.9 Å². The van der Waals surface area contributed by atoms with Gasteiger partial charge in [0.15, 0.2) is 0 Å². The molecular formula is C39H43N7O6. The van der Waals surface area contributed by atoms with Gasteiger partial charge in [-0.3, -0.25) is 9.69 Å². The molecule has 3 aromatic carbocycles. The predicted molar refractivity (Wildman–Crippen MR) is 195 cm³/mol. The zero-order chi connectivity index (χ0) is 36.4. The van der Waals surface area contributed by atoms with Gasteiger partial charge in [-0.2, -0.15) is 0 Å². The maximum atomic E-state index is 13.9. The van der Waals surface area contributed by atoms with E-state index in [1.807, 2.05) is 31.7 Å². The molecule has 0 aliphatic carbocycles. The van der Waals surface area contributed by atoms with Crippen molar-refractivity contribution in [1.82, 2.24) is 35.1 Å². The Kier molecular flexibility index (Phi) is 8.31. The fraction of sp³-hybridized carbons (Fsp3) is 0.410. The minimum Gasteiger partial charge on any atom is -0.488 e. The maximum absolute atomic E-state index is 13.9. The number of ether oxygens (including phenoxy) is 2. The minimum absolute atomic E-state index is 0.0158. The molecule has 5 atom stereocenters. The third-order valence-corrected chi connectivity index (χ3v) is 11.0. The molecular weight excluding hydrogens is 662 g/mol. The molecule has 0 spiro atoms. The molecule has 5 heterocycles. The van der Waals surface area contributed by atoms with Gasteiger partial charge in [0.25, 0.3) is 0 Å². The Morgan fingerprint density at radius 1 is 1.02 bits per heavy atom. The zero-order valence-electron chi connectivity index (χ0n) is 29.9. The number of likely N-dealkylation sites (tertiary alicyclic amines) is 2. The molecule has 13 heteroatoms. The van der Waals surface area contributed by atoms with E-state index in [0.717, 1.165) is 80.6 Å². The van der Waals surface area contributed by atoms with Crippen molar-refractivity contribution in [3.63, 3.8) is 0 Å². The van der Waals surface area contributed by atoms with Crippen LogP contribution in [0.1, 0.15) is 76.3 Å². The predicted octanol–water partition coefficient (Wildman–Crippen LogP) is 7.16. The Labute approximate surface area is 300 Å². The summed E-state index contributed by atoms with van der Waals surface area (Å²) in [7, 11) is 1.29. The largest absolute Gasteiger partial charge is 0.488 e. The van der Waals surface area contributed by atoms with Gasteiger partial charge in [0.2, 0.25) is 5.91 Å². The summed E-state index contributed by atoms with van der Waals surface area (Å²) in [6, 6.07) is 13.3. The lowest BCUT2D eigenvalue weighted by Crippen LogP contribution is -2.52. The van der Waals surface area contributed by atoms with Gasteiger partial charge in [-0.15, -0.1) is 0 Å². The van der Waals surface area contributed by atoms with Crippen LogP contribution >= 0.6 is 0 Å². The van der Waals surface area contributed by atoms with Gasteiger partial charge < -0.3 is 34.8 Å². The molecule has 0 bridgehead atoms. The normalized spacial score (nSPS) is 21.7. The molecule has 13 nitrogen and oxygen atoms in total. The number of H-pyrrole nitrogens is 2. The van der Waals surface area contributed by atoms with E-state index in [4.69, 9.17) is 14.5 Å². The summed E-state index contributed by atoms with van der Waals surface area (Å²) in [5.74, 6) is 2.17. The minimum atomic E-state index is -0.925. The summed E-state index contributed by atoms with van der Waals surface area (Å²) in [4.78, 5) is 57.7. The third-order valence-electron chi connectivity index (χ3n) is 11.0. The van der Waals surface area contributed by atoms with E-state index in [-0.39, 0.29) is 35.9 Å². The van der Waals surface area contributed by atoms with Crippen LogP contribution in [-0.2, 0) is 16.1 Å². The molecule has 2 fully saturated rings. The number of benzene rings is 3. The van der Waals surface area contributed by atoms with Gasteiger partial charge in [-0.25, -0.2) is 19.6 Å². The first-order valence-electron chi connectivity index (χ1n) is 17.9. The van der Waals surface area contributed by atoms with Crippen molar-refractivity contribution in [2.75, 3.05) is 13.7 Å². The van der Waals surface area contributed by atoms with Crippen LogP contribution in [0.15, 0.2) is 48.7 Å². The third kappa shape index (κ3) is 5.68. The average Bonchev–Trinajstić information content (AvgIpc) is 3.94. The molecule has 8 rings (SSSR count). The van der Waals surface area contributed by atoms with Crippen LogP contribution in [0.4, 0.5) is 9.59 Å². The summed E-state index contributed by atoms with van der Waals surface area (Å²) in [5, 5.41) is 14.4. The molecule has 0 radical (unpaired) electrons. The van der Waals surface area contributed by atoms with Crippen molar-refractivity contribution in [1.29, 1.82) is 0 Å². The summed E-state index contributed by atoms with van der Waals surface area (Å²) >= 11 is 0. The molecule has 3 amide bonds. The Bertz CT molecular complexity index is 2230. The molecule has 270 valence electrons. The first-order chi connectivity index (χ1) is 25.0. The van der Waals surface area contributed by atoms with Gasteiger partial charge in [0.05, 0.1) is 42.1 Å². The number of rotatable bonds is 6. The maximum Gasteiger partial charge on any atom is 0.407 e. The molecule has 5 aromatic rings. The summed E-state index contributed by atoms with van der Waals surface area (Å²) in [6.45, 7) is 8.81. The highest BCUT2D eigenvalue weighted by atomic mass is 16.5. The van der Waals surface area contributed by atoms with Gasteiger partial charge in [-0.05, 0) is 84.4 Å². The number of hydrogen-bond acceptors (Lipinski definition) is 7. The van der Waals surface area contributed by atoms with E-state index in [1.165, 1.54) is 12.0 Å². The Hall–Kier alpha value is -5.59. The van der Waals surface area contributed by atoms with Crippen LogP contribution in [0.25, 0.3) is 44.2 Å². The standard InChI is InChI=1S/C39H43N7O6/c1-19(2)33(44-38(48)51-5)37(47)46-21(4)6-11-30(46)36-41-28-10-8-22-14-27-25-9-7-23(13-24(25)18-52-32(27)15-26(22)34(28)43-36)29-16-40-35(42-29)31-12-20(3)17-45(31)39(49)50/h7-10,13-16,19-21,30-31,33H,6,11-12,17-18H2,1-5H3,(H,40,42)(H,41,43)(H,44,48)(H,49,50)/t20-,21-,30-,31-,33?/m0/s1. The van der Waals surface area contributed by atoms with E-state index in [1.54, 1.807) is 6.20 Å². The van der Waals surface area contributed by atoms with E-state index in [2.05, 4.69) is 63.6 Å². The quantitative estimate of drug-likeness (QED) is 0.144. The SMILES string of the molecule is COC(=O)NC(C(=O)N1[C@@H](C)CC[C@H]1c1nc2ccc3cc4c(cc3c2[nH]1)OCc1cc(-c2cnc([C@@H]3C[C@H](C)CN3C(=O)O)[nH]2)ccc1-4)C(C)C. The zero-order valence-corrected chi connectivity index (χ0v) is 29.9. The molecule has 3 aliphatic rings. The molecule has 4 N–H and O–H groups in total. The highest BCUT2D eigenvalue weighted by Gasteiger charge is 2.41. The van der Waals surface area contributed by atoms with Crippen LogP contribution in [0.2, 0.25) is 0 Å². The number of methoxy groups -OCH3 is 1. The second-order valence-electron chi connectivity index (χ2n) is 14.8. The van der Waals surface area contributed by atoms with Gasteiger partial charge in [0.1, 0.15) is 30.0 Å². The first-order valence-corrected chi connectivity index (χ1v) is 17.9. The topological polar surface area (TPSA) is 166 Å². The first kappa shape index (κ1) is 33.5. The smallest absolute Gasteiger partial charge is 0.407 e. The Morgan fingerprint density at radius 3 is 2.62 bits per heavy atom. The van der Waals surface area contributed by atoms with Crippen molar-refractivity contribution in [3.8, 4) is 28.1 Å². The van der Waals surface area contributed by atoms with Crippen LogP contribution < -0.4 is 10.1 Å². The van der Waals surface area contributed by atoms with E-state index in [0.29, 0.717) is 19.0 Å². The monoisotopic (exact) mass is 705 g/mol. The number of carboxylic acid groups (broad SMARTS) is 1. The highest BCUT2D eigenvalue weighted by molar-refractivity contribution is 6.07. The van der Waals surface area contributed by atoms with Crippen molar-refractivity contribution < 1.29 is 29.0 Å². The average molecular weight is 706 g/mol. The number of carbonyl (C=O) groups is 3. The van der Waals surface area contributed by atoms with Crippen molar-refractivity contribution in [2.24, 2.45) is 11.8 Å². The fourth-order valence-corrected chi connectivity index (χ4v) is 8.29. The van der Waals surface area contributed by atoms with Gasteiger partial charge in [-0.1, -0.05) is 39.0 Å². The van der Waals surface area contributed by atoms with E-state index >= 15 is 0 Å². The number of nitrogens with one attached hydrogen (secondary N) is 3. The van der Waals surface area contributed by atoms with Crippen LogP contribution in [0, 0.1) is 11.8 Å². The lowest BCUT2D eigenvalue weighted by molar-refractivity contribution is -0.137. The fourth-order valence-electron chi connectivity index (χ4n) is 8.29. The molecule has 0 saturated carbocycles. The number of carbonyl (C=O) groups excluding carboxylic acids is 2. The number of amides is 3. The number of aromatic amines is 2. The molecule has 1 unspecified atom stereocenters. The van der Waals surface area contributed by atoms with Crippen LogP contribution in [0.5, 0.6) is 5.75 Å². The lowest BCUT2D eigenvalue weighted by Gasteiger charge is -2.32. The van der Waals surface area contributed by atoms with Crippen LogP contribution in [-0.4, -0.2) is 78.7 Å². The van der Waals surface area contributed by atoms with E-state index < -0.39 is 18.2 Å². The lowest BCUT2D eigenvalue weighted by atomic mass is 9.92. The number of alkyl carbamates (subject to hydrolysis) is 1. The Balaban J connectivity index is 1.08. The van der Waals surface area contributed by atoms with Gasteiger partial charge in [0, 0.05) is 23.5 Å². The molecule has 3 aliphatic heterocycles.